The number of rotatable bonds is 6. The minimum absolute atomic E-state index is 0.153. The number of hydrogen-bond donors (Lipinski definition) is 2. The van der Waals surface area contributed by atoms with Crippen molar-refractivity contribution in [2.45, 2.75) is 26.2 Å². The zero-order chi connectivity index (χ0) is 10.1. The Hall–Kier alpha value is -0.640. The largest absolute Gasteiger partial charge is 0.334 e. The maximum atomic E-state index is 11.2. The van der Waals surface area contributed by atoms with Gasteiger partial charge in [-0.3, -0.25) is 4.31 Å². The van der Waals surface area contributed by atoms with Gasteiger partial charge in [0.1, 0.15) is 0 Å². The average molecular weight is 202 g/mol. The molecule has 1 N–H and O–H groups in total. The van der Waals surface area contributed by atoms with E-state index in [-0.39, 0.29) is 6.03 Å². The Labute approximate surface area is 85.7 Å². The van der Waals surface area contributed by atoms with Gasteiger partial charge in [-0.1, -0.05) is 38.7 Å². The molecule has 4 heteroatoms. The molecule has 0 aliphatic rings. The first kappa shape index (κ1) is 12.4. The van der Waals surface area contributed by atoms with Crippen LogP contribution in [0, 0.1) is 0 Å². The summed E-state index contributed by atoms with van der Waals surface area (Å²) in [4.78, 5) is 11.2. The zero-order valence-corrected chi connectivity index (χ0v) is 9.02. The standard InChI is InChI=1S/C9H18N2OS/c1-3-5-6-8-11(13)9(12)10-7-4-2/h4,13H,2-3,5-8H2,1H3,(H,10,12). The molecule has 0 rings (SSSR count). The fourth-order valence-electron chi connectivity index (χ4n) is 0.864. The summed E-state index contributed by atoms with van der Waals surface area (Å²) < 4.78 is 1.40. The lowest BCUT2D eigenvalue weighted by Gasteiger charge is -2.15. The van der Waals surface area contributed by atoms with Crippen LogP contribution in [0.4, 0.5) is 4.79 Å². The molecule has 13 heavy (non-hydrogen) atoms. The average Bonchev–Trinajstić information content (AvgIpc) is 2.14. The molecule has 0 saturated carbocycles. The van der Waals surface area contributed by atoms with Crippen molar-refractivity contribution in [1.82, 2.24) is 9.62 Å². The van der Waals surface area contributed by atoms with Crippen molar-refractivity contribution < 1.29 is 4.79 Å². The number of amides is 2. The molecule has 0 fully saturated rings. The van der Waals surface area contributed by atoms with E-state index in [1.807, 2.05) is 0 Å². The van der Waals surface area contributed by atoms with E-state index < -0.39 is 0 Å². The predicted octanol–water partition coefficient (Wildman–Crippen LogP) is 2.22. The van der Waals surface area contributed by atoms with E-state index in [9.17, 15) is 4.79 Å². The maximum Gasteiger partial charge on any atom is 0.327 e. The first-order valence-electron chi connectivity index (χ1n) is 4.57. The zero-order valence-electron chi connectivity index (χ0n) is 8.12. The van der Waals surface area contributed by atoms with Gasteiger partial charge >= 0.3 is 6.03 Å². The van der Waals surface area contributed by atoms with Crippen molar-refractivity contribution in [3.05, 3.63) is 12.7 Å². The van der Waals surface area contributed by atoms with Crippen molar-refractivity contribution in [3.8, 4) is 0 Å². The molecule has 0 aromatic heterocycles. The van der Waals surface area contributed by atoms with Gasteiger partial charge in [-0.25, -0.2) is 4.79 Å². The molecule has 76 valence electrons. The number of hydrogen-bond acceptors (Lipinski definition) is 2. The van der Waals surface area contributed by atoms with Gasteiger partial charge in [0.2, 0.25) is 0 Å². The molecule has 3 nitrogen and oxygen atoms in total. The first-order chi connectivity index (χ1) is 6.22. The third kappa shape index (κ3) is 6.51. The Morgan fingerprint density at radius 2 is 2.31 bits per heavy atom. The molecule has 0 aromatic rings. The summed E-state index contributed by atoms with van der Waals surface area (Å²) in [6, 6.07) is -0.153. The van der Waals surface area contributed by atoms with Crippen LogP contribution in [0.2, 0.25) is 0 Å². The van der Waals surface area contributed by atoms with Crippen molar-refractivity contribution in [2.24, 2.45) is 0 Å². The fourth-order valence-corrected chi connectivity index (χ4v) is 1.08. The van der Waals surface area contributed by atoms with E-state index in [2.05, 4.69) is 31.6 Å². The number of carbonyl (C=O) groups is 1. The Kier molecular flexibility index (Phi) is 7.59. The van der Waals surface area contributed by atoms with Crippen LogP contribution in [-0.4, -0.2) is 23.4 Å². The summed E-state index contributed by atoms with van der Waals surface area (Å²) in [5.41, 5.74) is 0. The number of nitrogens with one attached hydrogen (secondary N) is 1. The third-order valence-corrected chi connectivity index (χ3v) is 1.99. The first-order valence-corrected chi connectivity index (χ1v) is 4.97. The molecule has 0 aliphatic heterocycles. The lowest BCUT2D eigenvalue weighted by molar-refractivity contribution is 0.227. The quantitative estimate of drug-likeness (QED) is 0.386. The molecule has 0 unspecified atom stereocenters. The van der Waals surface area contributed by atoms with Gasteiger partial charge in [0.25, 0.3) is 0 Å². The molecule has 2 amide bonds. The summed E-state index contributed by atoms with van der Waals surface area (Å²) in [6.45, 7) is 6.82. The maximum absolute atomic E-state index is 11.2. The molecule has 0 bridgehead atoms. The minimum Gasteiger partial charge on any atom is -0.334 e. The molecule has 0 spiro atoms. The second kappa shape index (κ2) is 7.98. The van der Waals surface area contributed by atoms with Gasteiger partial charge in [0, 0.05) is 13.1 Å². The van der Waals surface area contributed by atoms with Gasteiger partial charge in [-0.15, -0.1) is 6.58 Å². The molecular formula is C9H18N2OS. The van der Waals surface area contributed by atoms with E-state index in [1.54, 1.807) is 6.08 Å². The van der Waals surface area contributed by atoms with E-state index in [4.69, 9.17) is 0 Å². The van der Waals surface area contributed by atoms with Crippen molar-refractivity contribution >= 4 is 18.8 Å². The summed E-state index contributed by atoms with van der Waals surface area (Å²) in [5, 5.41) is 2.65. The van der Waals surface area contributed by atoms with Crippen LogP contribution in [0.1, 0.15) is 26.2 Å². The van der Waals surface area contributed by atoms with Crippen molar-refractivity contribution in [2.75, 3.05) is 13.1 Å². The Morgan fingerprint density at radius 1 is 1.62 bits per heavy atom. The highest BCUT2D eigenvalue weighted by Crippen LogP contribution is 2.00. The second-order valence-corrected chi connectivity index (χ2v) is 3.29. The number of thiol groups is 1. The molecule has 0 heterocycles. The predicted molar refractivity (Wildman–Crippen MR) is 58.8 cm³/mol. The topological polar surface area (TPSA) is 32.3 Å². The van der Waals surface area contributed by atoms with Crippen LogP contribution in [0.3, 0.4) is 0 Å². The van der Waals surface area contributed by atoms with Crippen LogP contribution in [0.25, 0.3) is 0 Å². The van der Waals surface area contributed by atoms with Crippen LogP contribution in [-0.2, 0) is 0 Å². The van der Waals surface area contributed by atoms with Gasteiger partial charge < -0.3 is 5.32 Å². The number of carbonyl (C=O) groups excluding carboxylic acids is 1. The molecule has 0 aliphatic carbocycles. The summed E-state index contributed by atoms with van der Waals surface area (Å²) in [5.74, 6) is 0. The number of urea groups is 1. The van der Waals surface area contributed by atoms with Crippen LogP contribution >= 0.6 is 12.8 Å². The van der Waals surface area contributed by atoms with E-state index >= 15 is 0 Å². The smallest absolute Gasteiger partial charge is 0.327 e. The van der Waals surface area contributed by atoms with Crippen molar-refractivity contribution in [1.29, 1.82) is 0 Å². The van der Waals surface area contributed by atoms with E-state index in [1.165, 1.54) is 4.31 Å². The molecule has 0 atom stereocenters. The van der Waals surface area contributed by atoms with Gasteiger partial charge in [0.05, 0.1) is 0 Å². The normalized spacial score (nSPS) is 9.38. The summed E-state index contributed by atoms with van der Waals surface area (Å²) in [7, 11) is 0. The molecular weight excluding hydrogens is 184 g/mol. The van der Waals surface area contributed by atoms with Crippen LogP contribution < -0.4 is 5.32 Å². The summed E-state index contributed by atoms with van der Waals surface area (Å²) in [6.07, 6.45) is 4.93. The van der Waals surface area contributed by atoms with Crippen LogP contribution in [0.5, 0.6) is 0 Å². The van der Waals surface area contributed by atoms with Crippen molar-refractivity contribution in [3.63, 3.8) is 0 Å². The lowest BCUT2D eigenvalue weighted by atomic mass is 10.2. The van der Waals surface area contributed by atoms with E-state index in [0.29, 0.717) is 13.1 Å². The highest BCUT2D eigenvalue weighted by atomic mass is 32.1. The highest BCUT2D eigenvalue weighted by Gasteiger charge is 2.06. The van der Waals surface area contributed by atoms with Gasteiger partial charge in [0.15, 0.2) is 0 Å². The third-order valence-electron chi connectivity index (χ3n) is 1.61. The Morgan fingerprint density at radius 3 is 2.85 bits per heavy atom. The van der Waals surface area contributed by atoms with E-state index in [0.717, 1.165) is 19.3 Å². The van der Waals surface area contributed by atoms with Gasteiger partial charge in [-0.2, -0.15) is 0 Å². The Balaban J connectivity index is 3.50. The fraction of sp³-hybridized carbons (Fsp3) is 0.667. The van der Waals surface area contributed by atoms with Crippen LogP contribution in [0.15, 0.2) is 12.7 Å². The van der Waals surface area contributed by atoms with Gasteiger partial charge in [-0.05, 0) is 6.42 Å². The number of nitrogens with zero attached hydrogens (tertiary/aromatic N) is 1. The summed E-state index contributed by atoms with van der Waals surface area (Å²) >= 11 is 4.06. The molecule has 0 saturated heterocycles. The Bertz CT molecular complexity index is 162. The second-order valence-electron chi connectivity index (χ2n) is 2.80. The minimum atomic E-state index is -0.153. The molecule has 0 aromatic carbocycles. The molecule has 0 radical (unpaired) electrons. The SMILES string of the molecule is C=CCNC(=O)N(S)CCCCC. The lowest BCUT2D eigenvalue weighted by Crippen LogP contribution is -2.34. The monoisotopic (exact) mass is 202 g/mol. The highest BCUT2D eigenvalue weighted by molar-refractivity contribution is 7.78. The number of unbranched alkanes of at least 4 members (excludes halogenated alkanes) is 2.